The lowest BCUT2D eigenvalue weighted by atomic mass is 9.98. The molecular formula is C23H30NO4S-. The van der Waals surface area contributed by atoms with Gasteiger partial charge in [0.25, 0.3) is 0 Å². The zero-order chi connectivity index (χ0) is 20.6. The topological polar surface area (TPSA) is 61.8 Å². The first-order valence-corrected chi connectivity index (χ1v) is 11.6. The Morgan fingerprint density at radius 2 is 1.79 bits per heavy atom. The molecule has 0 bridgehead atoms. The van der Waals surface area contributed by atoms with Gasteiger partial charge >= 0.3 is 0 Å². The van der Waals surface area contributed by atoms with Gasteiger partial charge in [0.2, 0.25) is 0 Å². The minimum absolute atomic E-state index is 0.170. The van der Waals surface area contributed by atoms with Gasteiger partial charge in [-0.3, -0.25) is 0 Å². The van der Waals surface area contributed by atoms with Crippen LogP contribution in [0, 0.1) is 0 Å². The molecule has 0 aromatic heterocycles. The van der Waals surface area contributed by atoms with Gasteiger partial charge in [-0.05, 0) is 61.4 Å². The van der Waals surface area contributed by atoms with Crippen LogP contribution in [0.1, 0.15) is 57.1 Å². The summed E-state index contributed by atoms with van der Waals surface area (Å²) in [6, 6.07) is 12.6. The van der Waals surface area contributed by atoms with E-state index in [1.165, 1.54) is 11.1 Å². The zero-order valence-corrected chi connectivity index (χ0v) is 18.1. The van der Waals surface area contributed by atoms with Crippen molar-refractivity contribution in [2.24, 2.45) is 0 Å². The Morgan fingerprint density at radius 3 is 2.55 bits per heavy atom. The molecule has 1 aliphatic heterocycles. The Balaban J connectivity index is 1.96. The molecule has 0 N–H and O–H groups in total. The van der Waals surface area contributed by atoms with E-state index in [0.29, 0.717) is 13.0 Å². The number of fused-ring (bicyclic) bond motifs is 2. The summed E-state index contributed by atoms with van der Waals surface area (Å²) in [5.74, 6) is 1.78. The lowest BCUT2D eigenvalue weighted by molar-refractivity contribution is 0.297. The SMILES string of the molecule is CCCCc1cc(CCCC)c2c(c1)N(CCCOS(=O)[O-])c1ccccc1O2. The first-order chi connectivity index (χ1) is 14.1. The predicted octanol–water partition coefficient (Wildman–Crippen LogP) is 5.82. The summed E-state index contributed by atoms with van der Waals surface area (Å²) in [4.78, 5) is 2.25. The molecule has 2 aromatic carbocycles. The molecule has 1 unspecified atom stereocenters. The van der Waals surface area contributed by atoms with Gasteiger partial charge < -0.3 is 18.4 Å². The van der Waals surface area contributed by atoms with Crippen molar-refractivity contribution < 1.29 is 17.7 Å². The van der Waals surface area contributed by atoms with Crippen molar-refractivity contribution in [3.63, 3.8) is 0 Å². The van der Waals surface area contributed by atoms with Gasteiger partial charge in [0, 0.05) is 6.54 Å². The van der Waals surface area contributed by atoms with Crippen LogP contribution in [0.15, 0.2) is 36.4 Å². The van der Waals surface area contributed by atoms with E-state index in [1.54, 1.807) is 0 Å². The molecule has 29 heavy (non-hydrogen) atoms. The fourth-order valence-electron chi connectivity index (χ4n) is 3.73. The van der Waals surface area contributed by atoms with E-state index < -0.39 is 11.4 Å². The molecule has 0 amide bonds. The number of ether oxygens (including phenoxy) is 1. The number of nitrogens with zero attached hydrogens (tertiary/aromatic N) is 1. The van der Waals surface area contributed by atoms with Crippen LogP contribution in [-0.4, -0.2) is 21.9 Å². The maximum absolute atomic E-state index is 10.7. The Kier molecular flexibility index (Phi) is 8.09. The highest BCUT2D eigenvalue weighted by Gasteiger charge is 2.26. The molecule has 1 aliphatic rings. The fraction of sp³-hybridized carbons (Fsp3) is 0.478. The van der Waals surface area contributed by atoms with Gasteiger partial charge in [0.1, 0.15) is 0 Å². The second-order valence-corrected chi connectivity index (χ2v) is 8.06. The van der Waals surface area contributed by atoms with E-state index in [1.807, 2.05) is 18.2 Å². The Hall–Kier alpha value is -1.89. The first-order valence-electron chi connectivity index (χ1n) is 10.6. The third kappa shape index (κ3) is 5.59. The molecule has 0 saturated carbocycles. The van der Waals surface area contributed by atoms with Gasteiger partial charge in [0.05, 0.1) is 29.3 Å². The number of anilines is 2. The fourth-order valence-corrected chi connectivity index (χ4v) is 3.98. The smallest absolute Gasteiger partial charge is 0.154 e. The van der Waals surface area contributed by atoms with Crippen LogP contribution in [0.5, 0.6) is 11.5 Å². The van der Waals surface area contributed by atoms with Crippen LogP contribution in [0.25, 0.3) is 0 Å². The number of rotatable bonds is 11. The van der Waals surface area contributed by atoms with Gasteiger partial charge in [0.15, 0.2) is 11.5 Å². The highest BCUT2D eigenvalue weighted by molar-refractivity contribution is 7.74. The van der Waals surface area contributed by atoms with E-state index in [-0.39, 0.29) is 6.61 Å². The highest BCUT2D eigenvalue weighted by atomic mass is 32.2. The Bertz CT molecular complexity index is 840. The summed E-state index contributed by atoms with van der Waals surface area (Å²) in [6.45, 7) is 5.25. The largest absolute Gasteiger partial charge is 0.750 e. The third-order valence-corrected chi connectivity index (χ3v) is 5.55. The number of hydrogen-bond donors (Lipinski definition) is 0. The monoisotopic (exact) mass is 416 g/mol. The molecule has 1 atom stereocenters. The molecule has 0 radical (unpaired) electrons. The molecule has 3 rings (SSSR count). The molecule has 1 heterocycles. The summed E-state index contributed by atoms with van der Waals surface area (Å²) in [6.07, 6.45) is 7.23. The van der Waals surface area contributed by atoms with Gasteiger partial charge in [-0.1, -0.05) is 44.9 Å². The van der Waals surface area contributed by atoms with Crippen molar-refractivity contribution in [3.8, 4) is 11.5 Å². The van der Waals surface area contributed by atoms with E-state index in [4.69, 9.17) is 8.92 Å². The van der Waals surface area contributed by atoms with Crippen LogP contribution in [-0.2, 0) is 28.4 Å². The predicted molar refractivity (Wildman–Crippen MR) is 117 cm³/mol. The molecule has 5 nitrogen and oxygen atoms in total. The minimum Gasteiger partial charge on any atom is -0.750 e. The number of benzene rings is 2. The molecule has 6 heteroatoms. The minimum atomic E-state index is -2.47. The summed E-state index contributed by atoms with van der Waals surface area (Å²) in [5.41, 5.74) is 4.68. The first kappa shape index (κ1) is 21.8. The molecule has 0 saturated heterocycles. The summed E-state index contributed by atoms with van der Waals surface area (Å²) < 4.78 is 32.5. The molecule has 0 fully saturated rings. The van der Waals surface area contributed by atoms with Crippen LogP contribution in [0.3, 0.4) is 0 Å². The second kappa shape index (κ2) is 10.8. The number of para-hydroxylation sites is 2. The van der Waals surface area contributed by atoms with Gasteiger partial charge in [-0.15, -0.1) is 0 Å². The van der Waals surface area contributed by atoms with Crippen molar-refractivity contribution in [2.75, 3.05) is 18.1 Å². The highest BCUT2D eigenvalue weighted by Crippen LogP contribution is 2.49. The lowest BCUT2D eigenvalue weighted by Gasteiger charge is -2.34. The number of aryl methyl sites for hydroxylation is 2. The molecule has 2 aromatic rings. The van der Waals surface area contributed by atoms with Gasteiger partial charge in [-0.2, -0.15) is 0 Å². The summed E-state index contributed by atoms with van der Waals surface area (Å²) in [7, 11) is 0. The lowest BCUT2D eigenvalue weighted by Crippen LogP contribution is -2.24. The average Bonchev–Trinajstić information content (AvgIpc) is 2.72. The van der Waals surface area contributed by atoms with Gasteiger partial charge in [-0.25, -0.2) is 4.21 Å². The van der Waals surface area contributed by atoms with Crippen molar-refractivity contribution in [1.82, 2.24) is 0 Å². The Labute approximate surface area is 176 Å². The third-order valence-electron chi connectivity index (χ3n) is 5.19. The average molecular weight is 417 g/mol. The second-order valence-electron chi connectivity index (χ2n) is 7.41. The molecular weight excluding hydrogens is 386 g/mol. The van der Waals surface area contributed by atoms with E-state index in [0.717, 1.165) is 61.4 Å². The van der Waals surface area contributed by atoms with Crippen molar-refractivity contribution in [1.29, 1.82) is 0 Å². The molecule has 0 spiro atoms. The Morgan fingerprint density at radius 1 is 1.03 bits per heavy atom. The van der Waals surface area contributed by atoms with Crippen molar-refractivity contribution in [3.05, 3.63) is 47.5 Å². The zero-order valence-electron chi connectivity index (χ0n) is 17.3. The van der Waals surface area contributed by atoms with Crippen LogP contribution >= 0.6 is 0 Å². The van der Waals surface area contributed by atoms with Crippen LogP contribution in [0.2, 0.25) is 0 Å². The number of unbranched alkanes of at least 4 members (excludes halogenated alkanes) is 2. The van der Waals surface area contributed by atoms with Crippen LogP contribution in [0.4, 0.5) is 11.4 Å². The van der Waals surface area contributed by atoms with E-state index in [2.05, 4.69) is 36.9 Å². The summed E-state index contributed by atoms with van der Waals surface area (Å²) in [5, 5.41) is 0. The summed E-state index contributed by atoms with van der Waals surface area (Å²) >= 11 is -2.47. The molecule has 0 aliphatic carbocycles. The van der Waals surface area contributed by atoms with Crippen molar-refractivity contribution >= 4 is 22.7 Å². The van der Waals surface area contributed by atoms with E-state index in [9.17, 15) is 8.76 Å². The number of hydrogen-bond acceptors (Lipinski definition) is 5. The normalized spacial score (nSPS) is 13.6. The van der Waals surface area contributed by atoms with Crippen LogP contribution < -0.4 is 9.64 Å². The molecule has 158 valence electrons. The quantitative estimate of drug-likeness (QED) is 0.341. The standard InChI is InChI=1S/C23H31NO4S/c1-3-5-10-18-16-19(11-6-4-2)23-21(17-18)24(14-9-15-27-29(25)26)20-12-7-8-13-22(20)28-23/h7-8,12-13,16-17H,3-6,9-11,14-15H2,1-2H3,(H,25,26)/p-1. The maximum Gasteiger partial charge on any atom is 0.154 e. The maximum atomic E-state index is 10.7. The van der Waals surface area contributed by atoms with Crippen molar-refractivity contribution in [2.45, 2.75) is 58.8 Å². The van der Waals surface area contributed by atoms with E-state index >= 15 is 0 Å².